The molecule has 1 aromatic carbocycles. The topological polar surface area (TPSA) is 27.1 Å². The molecule has 0 aliphatic carbocycles. The Bertz CT molecular complexity index is 623. The molecule has 0 radical (unpaired) electrons. The predicted octanol–water partition coefficient (Wildman–Crippen LogP) is 4.19. The molecule has 2 aromatic rings. The third-order valence-corrected chi connectivity index (χ3v) is 6.63. The first-order valence-corrected chi connectivity index (χ1v) is 9.70. The molecule has 1 fully saturated rings. The Morgan fingerprint density at radius 2 is 2.33 bits per heavy atom. The molecule has 0 bridgehead atoms. The zero-order valence-electron chi connectivity index (χ0n) is 12.2. The van der Waals surface area contributed by atoms with Crippen molar-refractivity contribution < 1.29 is 4.74 Å². The van der Waals surface area contributed by atoms with Crippen molar-refractivity contribution in [1.29, 1.82) is 0 Å². The lowest BCUT2D eigenvalue weighted by atomic mass is 10.3. The van der Waals surface area contributed by atoms with E-state index in [1.165, 1.54) is 17.3 Å². The molecule has 1 aliphatic heterocycles. The van der Waals surface area contributed by atoms with E-state index in [2.05, 4.69) is 22.4 Å². The average Bonchev–Trinajstić information content (AvgIpc) is 2.86. The first-order chi connectivity index (χ1) is 10.2. The van der Waals surface area contributed by atoms with Crippen molar-refractivity contribution >= 4 is 46.2 Å². The summed E-state index contributed by atoms with van der Waals surface area (Å²) >= 11 is 10.4. The Kier molecular flexibility index (Phi) is 4.92. The van der Waals surface area contributed by atoms with E-state index in [1.54, 1.807) is 7.11 Å². The smallest absolute Gasteiger partial charge is 0.127 e. The normalized spacial score (nSPS) is 20.6. The summed E-state index contributed by atoms with van der Waals surface area (Å²) in [4.78, 5) is 4.72. The van der Waals surface area contributed by atoms with Gasteiger partial charge in [0.25, 0.3) is 0 Å². The zero-order chi connectivity index (χ0) is 14.8. The molecule has 3 nitrogen and oxygen atoms in total. The molecule has 1 aromatic heterocycles. The average molecular weight is 343 g/mol. The van der Waals surface area contributed by atoms with Gasteiger partial charge in [-0.25, -0.2) is 4.98 Å². The van der Waals surface area contributed by atoms with Gasteiger partial charge in [-0.3, -0.25) is 0 Å². The minimum Gasteiger partial charge on any atom is -0.497 e. The quantitative estimate of drug-likeness (QED) is 0.778. The fraction of sp³-hybridized carbons (Fsp3) is 0.533. The first kappa shape index (κ1) is 15.4. The molecule has 1 aliphatic rings. The van der Waals surface area contributed by atoms with Gasteiger partial charge in [0.2, 0.25) is 0 Å². The molecule has 1 saturated heterocycles. The number of imidazole rings is 1. The zero-order valence-corrected chi connectivity index (χ0v) is 14.6. The van der Waals surface area contributed by atoms with Crippen molar-refractivity contribution in [2.24, 2.45) is 0 Å². The monoisotopic (exact) mass is 342 g/mol. The third-order valence-electron chi connectivity index (χ3n) is 3.61. The van der Waals surface area contributed by atoms with E-state index in [1.807, 2.05) is 30.8 Å². The highest BCUT2D eigenvalue weighted by Crippen LogP contribution is 2.31. The molecule has 6 heteroatoms. The third kappa shape index (κ3) is 3.30. The summed E-state index contributed by atoms with van der Waals surface area (Å²) in [5.74, 6) is 5.50. The second-order valence-electron chi connectivity index (χ2n) is 5.12. The van der Waals surface area contributed by atoms with E-state index in [0.717, 1.165) is 29.2 Å². The minimum atomic E-state index is -0.0929. The Morgan fingerprint density at radius 1 is 1.48 bits per heavy atom. The minimum absolute atomic E-state index is 0.0929. The lowest BCUT2D eigenvalue weighted by molar-refractivity contribution is 0.415. The van der Waals surface area contributed by atoms with Crippen molar-refractivity contribution in [2.45, 2.75) is 24.1 Å². The summed E-state index contributed by atoms with van der Waals surface area (Å²) in [6.45, 7) is 2.96. The van der Waals surface area contributed by atoms with Gasteiger partial charge >= 0.3 is 0 Å². The molecule has 0 spiro atoms. The summed E-state index contributed by atoms with van der Waals surface area (Å²) < 4.78 is 7.58. The fourth-order valence-electron chi connectivity index (χ4n) is 2.60. The predicted molar refractivity (Wildman–Crippen MR) is 94.1 cm³/mol. The molecule has 0 saturated carbocycles. The number of nitrogens with zero attached hydrogens (tertiary/aromatic N) is 2. The highest BCUT2D eigenvalue weighted by atomic mass is 35.5. The van der Waals surface area contributed by atoms with Crippen LogP contribution >= 0.6 is 35.1 Å². The van der Waals surface area contributed by atoms with Crippen molar-refractivity contribution in [3.8, 4) is 5.75 Å². The highest BCUT2D eigenvalue weighted by Gasteiger charge is 2.21. The molecule has 0 amide bonds. The van der Waals surface area contributed by atoms with Gasteiger partial charge in [0.1, 0.15) is 11.6 Å². The number of ether oxygens (including phenoxy) is 1. The van der Waals surface area contributed by atoms with Crippen molar-refractivity contribution in [1.82, 2.24) is 9.55 Å². The van der Waals surface area contributed by atoms with Crippen LogP contribution in [0.15, 0.2) is 18.2 Å². The lowest BCUT2D eigenvalue weighted by Crippen LogP contribution is -2.21. The Balaban J connectivity index is 1.99. The number of methoxy groups -OCH3 is 1. The number of benzene rings is 1. The number of fused-ring (bicyclic) bond motifs is 1. The van der Waals surface area contributed by atoms with Gasteiger partial charge in [0, 0.05) is 35.1 Å². The van der Waals surface area contributed by atoms with Gasteiger partial charge in [-0.05, 0) is 19.1 Å². The van der Waals surface area contributed by atoms with Gasteiger partial charge in [-0.1, -0.05) is 0 Å². The molecule has 2 unspecified atom stereocenters. The molecule has 3 rings (SSSR count). The second kappa shape index (κ2) is 6.71. The SMILES string of the molecule is COc1ccc2c(c1)nc(C(C)Cl)n2CC1CSCCS1. The standard InChI is InChI=1S/C15H19ClN2OS2/c1-10(16)15-17-13-7-11(19-2)3-4-14(13)18(15)8-12-9-20-5-6-21-12/h3-4,7,10,12H,5-6,8-9H2,1-2H3. The molecule has 21 heavy (non-hydrogen) atoms. The number of rotatable bonds is 4. The molecule has 2 heterocycles. The van der Waals surface area contributed by atoms with E-state index in [9.17, 15) is 0 Å². The van der Waals surface area contributed by atoms with Crippen LogP contribution in [0.1, 0.15) is 18.1 Å². The van der Waals surface area contributed by atoms with E-state index in [0.29, 0.717) is 5.25 Å². The Hall–Kier alpha value is -0.520. The summed E-state index contributed by atoms with van der Waals surface area (Å²) in [6, 6.07) is 6.06. The Morgan fingerprint density at radius 3 is 3.00 bits per heavy atom. The molecule has 2 atom stereocenters. The van der Waals surface area contributed by atoms with E-state index in [-0.39, 0.29) is 5.38 Å². The summed E-state index contributed by atoms with van der Waals surface area (Å²) in [5, 5.41) is 0.544. The van der Waals surface area contributed by atoms with Gasteiger partial charge in [-0.15, -0.1) is 11.6 Å². The maximum atomic E-state index is 6.34. The Labute approximate surface area is 138 Å². The van der Waals surface area contributed by atoms with Gasteiger partial charge < -0.3 is 9.30 Å². The number of aromatic nitrogens is 2. The van der Waals surface area contributed by atoms with Crippen LogP contribution in [0.3, 0.4) is 0 Å². The van der Waals surface area contributed by atoms with Gasteiger partial charge in [0.15, 0.2) is 0 Å². The molecular formula is C15H19ClN2OS2. The number of thioether (sulfide) groups is 2. The van der Waals surface area contributed by atoms with Crippen LogP contribution < -0.4 is 4.74 Å². The van der Waals surface area contributed by atoms with Gasteiger partial charge in [0.05, 0.1) is 23.5 Å². The van der Waals surface area contributed by atoms with Crippen molar-refractivity contribution in [3.05, 3.63) is 24.0 Å². The number of hydrogen-bond acceptors (Lipinski definition) is 4. The second-order valence-corrected chi connectivity index (χ2v) is 8.33. The maximum absolute atomic E-state index is 6.34. The molecule has 0 N–H and O–H groups in total. The fourth-order valence-corrected chi connectivity index (χ4v) is 5.42. The molecule has 114 valence electrons. The van der Waals surface area contributed by atoms with Crippen molar-refractivity contribution in [3.63, 3.8) is 0 Å². The van der Waals surface area contributed by atoms with Crippen molar-refractivity contribution in [2.75, 3.05) is 24.4 Å². The number of alkyl halides is 1. The summed E-state index contributed by atoms with van der Waals surface area (Å²) in [5.41, 5.74) is 2.11. The van der Waals surface area contributed by atoms with Crippen LogP contribution in [-0.2, 0) is 6.54 Å². The first-order valence-electron chi connectivity index (χ1n) is 7.06. The number of hydrogen-bond donors (Lipinski definition) is 0. The lowest BCUT2D eigenvalue weighted by Gasteiger charge is -2.23. The maximum Gasteiger partial charge on any atom is 0.127 e. The van der Waals surface area contributed by atoms with Gasteiger partial charge in [-0.2, -0.15) is 23.5 Å². The summed E-state index contributed by atoms with van der Waals surface area (Å²) in [6.07, 6.45) is 0. The van der Waals surface area contributed by atoms with E-state index < -0.39 is 0 Å². The van der Waals surface area contributed by atoms with Crippen LogP contribution in [-0.4, -0.2) is 39.2 Å². The molecular weight excluding hydrogens is 324 g/mol. The van der Waals surface area contributed by atoms with E-state index >= 15 is 0 Å². The highest BCUT2D eigenvalue weighted by molar-refractivity contribution is 8.06. The van der Waals surface area contributed by atoms with E-state index in [4.69, 9.17) is 21.3 Å². The summed E-state index contributed by atoms with van der Waals surface area (Å²) in [7, 11) is 1.68. The van der Waals surface area contributed by atoms with Crippen LogP contribution in [0.4, 0.5) is 0 Å². The number of halogens is 1. The largest absolute Gasteiger partial charge is 0.497 e. The van der Waals surface area contributed by atoms with Crippen LogP contribution in [0.25, 0.3) is 11.0 Å². The van der Waals surface area contributed by atoms with Crippen LogP contribution in [0, 0.1) is 0 Å². The van der Waals surface area contributed by atoms with Crippen LogP contribution in [0.5, 0.6) is 5.75 Å². The van der Waals surface area contributed by atoms with Crippen LogP contribution in [0.2, 0.25) is 0 Å².